The number of benzene rings is 1. The minimum atomic E-state index is -0.0997. The van der Waals surface area contributed by atoms with Crippen molar-refractivity contribution in [2.24, 2.45) is 7.05 Å². The van der Waals surface area contributed by atoms with Gasteiger partial charge in [-0.2, -0.15) is 0 Å². The lowest BCUT2D eigenvalue weighted by molar-refractivity contribution is -0.122. The van der Waals surface area contributed by atoms with Crippen LogP contribution in [-0.2, 0) is 18.4 Å². The Labute approximate surface area is 118 Å². The number of hydrogen-bond acceptors (Lipinski definition) is 3. The van der Waals surface area contributed by atoms with Gasteiger partial charge >= 0.3 is 0 Å². The van der Waals surface area contributed by atoms with Crippen molar-refractivity contribution in [2.75, 3.05) is 6.54 Å². The van der Waals surface area contributed by atoms with Crippen molar-refractivity contribution in [3.8, 4) is 0 Å². The van der Waals surface area contributed by atoms with E-state index in [-0.39, 0.29) is 11.9 Å². The van der Waals surface area contributed by atoms with Crippen LogP contribution in [0.25, 0.3) is 11.0 Å². The first-order chi connectivity index (χ1) is 9.75. The third-order valence-electron chi connectivity index (χ3n) is 3.92. The second-order valence-corrected chi connectivity index (χ2v) is 5.30. The standard InChI is InChI=1S/C15H20N4O/c1-19-13-8-3-2-6-11(13)18-14(19)10-17-12-7-4-5-9-16-15(12)20/h2-3,6,8,12,17H,4-5,7,9-10H2,1H3,(H,16,20). The minimum absolute atomic E-state index is 0.0997. The van der Waals surface area contributed by atoms with E-state index in [1.54, 1.807) is 0 Å². The van der Waals surface area contributed by atoms with E-state index in [0.717, 1.165) is 42.7 Å². The zero-order valence-electron chi connectivity index (χ0n) is 11.7. The van der Waals surface area contributed by atoms with Crippen LogP contribution in [0.3, 0.4) is 0 Å². The largest absolute Gasteiger partial charge is 0.355 e. The Morgan fingerprint density at radius 2 is 2.25 bits per heavy atom. The van der Waals surface area contributed by atoms with E-state index in [0.29, 0.717) is 6.54 Å². The Kier molecular flexibility index (Phi) is 3.69. The lowest BCUT2D eigenvalue weighted by Gasteiger charge is -2.14. The second kappa shape index (κ2) is 5.63. The molecule has 0 saturated carbocycles. The number of nitrogens with zero attached hydrogens (tertiary/aromatic N) is 2. The fourth-order valence-corrected chi connectivity index (χ4v) is 2.70. The molecule has 1 aliphatic heterocycles. The van der Waals surface area contributed by atoms with Gasteiger partial charge in [0, 0.05) is 13.6 Å². The summed E-state index contributed by atoms with van der Waals surface area (Å²) in [6.07, 6.45) is 3.05. The molecule has 5 heteroatoms. The quantitative estimate of drug-likeness (QED) is 0.886. The van der Waals surface area contributed by atoms with Crippen LogP contribution in [-0.4, -0.2) is 28.0 Å². The van der Waals surface area contributed by atoms with Gasteiger partial charge in [0.25, 0.3) is 0 Å². The molecule has 2 aromatic rings. The van der Waals surface area contributed by atoms with Crippen molar-refractivity contribution in [1.82, 2.24) is 20.2 Å². The van der Waals surface area contributed by atoms with Gasteiger partial charge < -0.3 is 9.88 Å². The van der Waals surface area contributed by atoms with E-state index >= 15 is 0 Å². The fraction of sp³-hybridized carbons (Fsp3) is 0.467. The van der Waals surface area contributed by atoms with E-state index in [9.17, 15) is 4.79 Å². The molecule has 1 aromatic carbocycles. The number of fused-ring (bicyclic) bond motifs is 1. The molecule has 1 atom stereocenters. The first-order valence-electron chi connectivity index (χ1n) is 7.17. The van der Waals surface area contributed by atoms with Gasteiger partial charge in [-0.25, -0.2) is 4.98 Å². The van der Waals surface area contributed by atoms with E-state index < -0.39 is 0 Å². The SMILES string of the molecule is Cn1c(CNC2CCCCNC2=O)nc2ccccc21. The molecule has 1 amide bonds. The van der Waals surface area contributed by atoms with E-state index in [4.69, 9.17) is 0 Å². The molecule has 0 aliphatic carbocycles. The molecule has 20 heavy (non-hydrogen) atoms. The highest BCUT2D eigenvalue weighted by atomic mass is 16.2. The lowest BCUT2D eigenvalue weighted by Crippen LogP contribution is -2.42. The topological polar surface area (TPSA) is 59.0 Å². The zero-order valence-corrected chi connectivity index (χ0v) is 11.7. The van der Waals surface area contributed by atoms with Crippen LogP contribution in [0.1, 0.15) is 25.1 Å². The van der Waals surface area contributed by atoms with E-state index in [2.05, 4.69) is 26.3 Å². The van der Waals surface area contributed by atoms with Gasteiger partial charge in [0.1, 0.15) is 5.82 Å². The number of aryl methyl sites for hydroxylation is 1. The van der Waals surface area contributed by atoms with Crippen molar-refractivity contribution in [2.45, 2.75) is 31.8 Å². The van der Waals surface area contributed by atoms with Crippen molar-refractivity contribution >= 4 is 16.9 Å². The molecule has 5 nitrogen and oxygen atoms in total. The van der Waals surface area contributed by atoms with Crippen molar-refractivity contribution in [3.05, 3.63) is 30.1 Å². The highest BCUT2D eigenvalue weighted by Gasteiger charge is 2.20. The minimum Gasteiger partial charge on any atom is -0.355 e. The molecule has 2 heterocycles. The first kappa shape index (κ1) is 13.1. The smallest absolute Gasteiger partial charge is 0.237 e. The Hall–Kier alpha value is -1.88. The average Bonchev–Trinajstić information content (AvgIpc) is 2.64. The molecule has 106 valence electrons. The molecule has 1 saturated heterocycles. The predicted octanol–water partition coefficient (Wildman–Crippen LogP) is 1.33. The van der Waals surface area contributed by atoms with Gasteiger partial charge in [0.2, 0.25) is 5.91 Å². The molecule has 1 fully saturated rings. The molecule has 0 bridgehead atoms. The summed E-state index contributed by atoms with van der Waals surface area (Å²) < 4.78 is 2.08. The van der Waals surface area contributed by atoms with Gasteiger partial charge in [-0.1, -0.05) is 12.1 Å². The number of para-hydroxylation sites is 2. The number of imidazole rings is 1. The number of carbonyl (C=O) groups is 1. The van der Waals surface area contributed by atoms with E-state index in [1.807, 2.05) is 25.2 Å². The molecule has 1 aromatic heterocycles. The average molecular weight is 272 g/mol. The van der Waals surface area contributed by atoms with Crippen molar-refractivity contribution < 1.29 is 4.79 Å². The summed E-state index contributed by atoms with van der Waals surface area (Å²) in [6.45, 7) is 1.41. The van der Waals surface area contributed by atoms with Gasteiger partial charge in [-0.05, 0) is 31.4 Å². The molecular formula is C15H20N4O. The lowest BCUT2D eigenvalue weighted by atomic mass is 10.1. The van der Waals surface area contributed by atoms with Crippen LogP contribution in [0.2, 0.25) is 0 Å². The third kappa shape index (κ3) is 2.54. The van der Waals surface area contributed by atoms with Crippen LogP contribution < -0.4 is 10.6 Å². The highest BCUT2D eigenvalue weighted by Crippen LogP contribution is 2.14. The monoisotopic (exact) mass is 272 g/mol. The number of hydrogen-bond donors (Lipinski definition) is 2. The molecule has 3 rings (SSSR count). The Balaban J connectivity index is 1.73. The normalized spacial score (nSPS) is 19.9. The Morgan fingerprint density at radius 3 is 3.10 bits per heavy atom. The van der Waals surface area contributed by atoms with Crippen LogP contribution in [0.5, 0.6) is 0 Å². The Morgan fingerprint density at radius 1 is 1.40 bits per heavy atom. The second-order valence-electron chi connectivity index (χ2n) is 5.30. The highest BCUT2D eigenvalue weighted by molar-refractivity contribution is 5.82. The van der Waals surface area contributed by atoms with Gasteiger partial charge in [-0.15, -0.1) is 0 Å². The summed E-state index contributed by atoms with van der Waals surface area (Å²) >= 11 is 0. The predicted molar refractivity (Wildman–Crippen MR) is 78.2 cm³/mol. The summed E-state index contributed by atoms with van der Waals surface area (Å²) in [7, 11) is 2.01. The third-order valence-corrected chi connectivity index (χ3v) is 3.92. The maximum absolute atomic E-state index is 11.9. The Bertz CT molecular complexity index is 619. The zero-order chi connectivity index (χ0) is 13.9. The van der Waals surface area contributed by atoms with Crippen molar-refractivity contribution in [3.63, 3.8) is 0 Å². The molecule has 0 radical (unpaired) electrons. The summed E-state index contributed by atoms with van der Waals surface area (Å²) in [6, 6.07) is 7.98. The number of nitrogens with one attached hydrogen (secondary N) is 2. The van der Waals surface area contributed by atoms with Crippen molar-refractivity contribution in [1.29, 1.82) is 0 Å². The number of carbonyl (C=O) groups excluding carboxylic acids is 1. The summed E-state index contributed by atoms with van der Waals surface area (Å²) in [5.74, 6) is 1.07. The molecule has 0 spiro atoms. The van der Waals surface area contributed by atoms with Gasteiger partial charge in [-0.3, -0.25) is 10.1 Å². The molecule has 1 unspecified atom stereocenters. The summed E-state index contributed by atoms with van der Waals surface area (Å²) in [5.41, 5.74) is 2.12. The maximum atomic E-state index is 11.9. The van der Waals surface area contributed by atoms with Crippen LogP contribution in [0.15, 0.2) is 24.3 Å². The van der Waals surface area contributed by atoms with Gasteiger partial charge in [0.15, 0.2) is 0 Å². The molecule has 2 N–H and O–H groups in total. The first-order valence-corrected chi connectivity index (χ1v) is 7.17. The number of rotatable bonds is 3. The molecule has 1 aliphatic rings. The fourth-order valence-electron chi connectivity index (χ4n) is 2.70. The van der Waals surface area contributed by atoms with E-state index in [1.165, 1.54) is 0 Å². The maximum Gasteiger partial charge on any atom is 0.237 e. The van der Waals surface area contributed by atoms with Crippen LogP contribution in [0.4, 0.5) is 0 Å². The number of aromatic nitrogens is 2. The summed E-state index contributed by atoms with van der Waals surface area (Å²) in [4.78, 5) is 16.5. The van der Waals surface area contributed by atoms with Crippen LogP contribution >= 0.6 is 0 Å². The number of amides is 1. The summed E-state index contributed by atoms with van der Waals surface area (Å²) in [5, 5.41) is 6.28. The van der Waals surface area contributed by atoms with Crippen LogP contribution in [0, 0.1) is 0 Å². The van der Waals surface area contributed by atoms with Gasteiger partial charge in [0.05, 0.1) is 23.6 Å². The molecular weight excluding hydrogens is 252 g/mol.